The van der Waals surface area contributed by atoms with Crippen LogP contribution in [0.4, 0.5) is 13.2 Å². The summed E-state index contributed by atoms with van der Waals surface area (Å²) in [5.41, 5.74) is -2.03. The van der Waals surface area contributed by atoms with E-state index in [-0.39, 0.29) is 17.5 Å². The highest BCUT2D eigenvalue weighted by Gasteiger charge is 2.27. The fourth-order valence-electron chi connectivity index (χ4n) is 1.14. The Morgan fingerprint density at radius 3 is 2.81 bits per heavy atom. The van der Waals surface area contributed by atoms with Crippen LogP contribution in [0.5, 0.6) is 0 Å². The summed E-state index contributed by atoms with van der Waals surface area (Å²) in [4.78, 5) is 3.96. The zero-order valence-electron chi connectivity index (χ0n) is 8.84. The maximum Gasteiger partial charge on any atom is 0.441 e. The number of aryl methyl sites for hydroxylation is 1. The molecule has 1 heterocycles. The van der Waals surface area contributed by atoms with Crippen LogP contribution < -0.4 is 5.32 Å². The van der Waals surface area contributed by atoms with Gasteiger partial charge in [0.15, 0.2) is 0 Å². The van der Waals surface area contributed by atoms with Gasteiger partial charge in [-0.1, -0.05) is 0 Å². The maximum atomic E-state index is 11.8. The average molecular weight is 250 g/mol. The van der Waals surface area contributed by atoms with Crippen LogP contribution in [0.1, 0.15) is 11.1 Å². The van der Waals surface area contributed by atoms with E-state index in [1.54, 1.807) is 12.4 Å². The van der Waals surface area contributed by atoms with Crippen molar-refractivity contribution in [1.82, 2.24) is 10.3 Å². The molecule has 0 fully saturated rings. The number of nitrogens with one attached hydrogen (secondary N) is 1. The highest BCUT2D eigenvalue weighted by molar-refractivity contribution is 8.00. The quantitative estimate of drug-likeness (QED) is 0.813. The number of hydrogen-bond donors (Lipinski definition) is 1. The van der Waals surface area contributed by atoms with E-state index in [9.17, 15) is 13.2 Å². The molecular formula is C10H13F3N2S. The van der Waals surface area contributed by atoms with E-state index in [1.807, 2.05) is 13.0 Å². The Morgan fingerprint density at radius 1 is 1.44 bits per heavy atom. The molecule has 1 N–H and O–H groups in total. The van der Waals surface area contributed by atoms with Gasteiger partial charge in [-0.3, -0.25) is 4.98 Å². The number of hydrogen-bond acceptors (Lipinski definition) is 3. The van der Waals surface area contributed by atoms with Gasteiger partial charge in [0.2, 0.25) is 0 Å². The number of pyridine rings is 1. The first kappa shape index (κ1) is 13.3. The number of thioether (sulfide) groups is 1. The molecule has 0 bridgehead atoms. The van der Waals surface area contributed by atoms with Gasteiger partial charge in [-0.2, -0.15) is 13.2 Å². The minimum Gasteiger partial charge on any atom is -0.312 e. The Balaban J connectivity index is 2.19. The van der Waals surface area contributed by atoms with Gasteiger partial charge >= 0.3 is 5.51 Å². The van der Waals surface area contributed by atoms with Crippen LogP contribution in [0, 0.1) is 6.92 Å². The Hall–Kier alpha value is -0.750. The van der Waals surface area contributed by atoms with E-state index >= 15 is 0 Å². The first-order valence-corrected chi connectivity index (χ1v) is 5.78. The molecule has 16 heavy (non-hydrogen) atoms. The number of aromatic nitrogens is 1. The predicted molar refractivity (Wildman–Crippen MR) is 59.2 cm³/mol. The Kier molecular flexibility index (Phi) is 5.08. The van der Waals surface area contributed by atoms with Crippen molar-refractivity contribution in [3.05, 3.63) is 29.6 Å². The monoisotopic (exact) mass is 250 g/mol. The molecule has 1 rings (SSSR count). The van der Waals surface area contributed by atoms with Crippen LogP contribution in [0.3, 0.4) is 0 Å². The van der Waals surface area contributed by atoms with Crippen molar-refractivity contribution in [3.63, 3.8) is 0 Å². The minimum absolute atomic E-state index is 0.00522. The van der Waals surface area contributed by atoms with Gasteiger partial charge in [0.25, 0.3) is 0 Å². The van der Waals surface area contributed by atoms with Crippen molar-refractivity contribution in [2.45, 2.75) is 19.0 Å². The highest BCUT2D eigenvalue weighted by Crippen LogP contribution is 2.29. The van der Waals surface area contributed by atoms with E-state index in [4.69, 9.17) is 0 Å². The van der Waals surface area contributed by atoms with Crippen molar-refractivity contribution in [1.29, 1.82) is 0 Å². The zero-order valence-corrected chi connectivity index (χ0v) is 9.66. The van der Waals surface area contributed by atoms with Gasteiger partial charge < -0.3 is 5.32 Å². The van der Waals surface area contributed by atoms with Gasteiger partial charge in [-0.05, 0) is 35.9 Å². The molecule has 0 aliphatic carbocycles. The molecule has 0 unspecified atom stereocenters. The normalized spacial score (nSPS) is 11.8. The van der Waals surface area contributed by atoms with E-state index < -0.39 is 5.51 Å². The second-order valence-electron chi connectivity index (χ2n) is 3.27. The molecule has 6 heteroatoms. The largest absolute Gasteiger partial charge is 0.441 e. The van der Waals surface area contributed by atoms with Gasteiger partial charge in [0.1, 0.15) is 0 Å². The number of halogens is 3. The SMILES string of the molecule is Cc1ccncc1CNCCSC(F)(F)F. The smallest absolute Gasteiger partial charge is 0.312 e. The third-order valence-electron chi connectivity index (χ3n) is 2.01. The summed E-state index contributed by atoms with van der Waals surface area (Å²) in [5.74, 6) is 0.0306. The van der Waals surface area contributed by atoms with E-state index in [2.05, 4.69) is 10.3 Å². The molecule has 1 aromatic rings. The number of nitrogens with zero attached hydrogens (tertiary/aromatic N) is 1. The molecule has 0 saturated carbocycles. The molecule has 0 aliphatic heterocycles. The van der Waals surface area contributed by atoms with E-state index in [0.29, 0.717) is 13.1 Å². The summed E-state index contributed by atoms with van der Waals surface area (Å²) in [6, 6.07) is 1.88. The lowest BCUT2D eigenvalue weighted by atomic mass is 10.2. The third-order valence-corrected chi connectivity index (χ3v) is 2.74. The molecule has 0 atom stereocenters. The standard InChI is InChI=1S/C10H13F3N2S/c1-8-2-3-14-6-9(8)7-15-4-5-16-10(11,12)13/h2-3,6,15H,4-5,7H2,1H3. The Morgan fingerprint density at radius 2 is 2.19 bits per heavy atom. The van der Waals surface area contributed by atoms with Gasteiger partial charge in [-0.25, -0.2) is 0 Å². The van der Waals surface area contributed by atoms with E-state index in [0.717, 1.165) is 11.1 Å². The van der Waals surface area contributed by atoms with Crippen LogP contribution in [0.15, 0.2) is 18.5 Å². The Labute approximate surface area is 96.6 Å². The average Bonchev–Trinajstić information content (AvgIpc) is 2.18. The van der Waals surface area contributed by atoms with Gasteiger partial charge in [-0.15, -0.1) is 0 Å². The van der Waals surface area contributed by atoms with Gasteiger partial charge in [0, 0.05) is 31.2 Å². The Bertz CT molecular complexity index is 328. The minimum atomic E-state index is -4.13. The topological polar surface area (TPSA) is 24.9 Å². The van der Waals surface area contributed by atoms with Crippen molar-refractivity contribution >= 4 is 11.8 Å². The molecule has 0 amide bonds. The molecular weight excluding hydrogens is 237 g/mol. The summed E-state index contributed by atoms with van der Waals surface area (Å²) in [5, 5.41) is 2.95. The second kappa shape index (κ2) is 6.10. The third kappa shape index (κ3) is 5.37. The van der Waals surface area contributed by atoms with Crippen LogP contribution in [-0.4, -0.2) is 22.8 Å². The lowest BCUT2D eigenvalue weighted by Crippen LogP contribution is -2.19. The van der Waals surface area contributed by atoms with Crippen LogP contribution in [0.25, 0.3) is 0 Å². The summed E-state index contributed by atoms with van der Waals surface area (Å²) in [7, 11) is 0. The lowest BCUT2D eigenvalue weighted by molar-refractivity contribution is -0.0327. The fraction of sp³-hybridized carbons (Fsp3) is 0.500. The van der Waals surface area contributed by atoms with Crippen molar-refractivity contribution < 1.29 is 13.2 Å². The predicted octanol–water partition coefficient (Wildman–Crippen LogP) is 2.73. The molecule has 0 aromatic carbocycles. The summed E-state index contributed by atoms with van der Waals surface area (Å²) < 4.78 is 35.4. The summed E-state index contributed by atoms with van der Waals surface area (Å²) in [6.07, 6.45) is 3.41. The number of rotatable bonds is 5. The highest BCUT2D eigenvalue weighted by atomic mass is 32.2. The zero-order chi connectivity index (χ0) is 12.0. The van der Waals surface area contributed by atoms with Crippen molar-refractivity contribution in [3.8, 4) is 0 Å². The fourth-order valence-corrected chi connectivity index (χ4v) is 1.62. The van der Waals surface area contributed by atoms with Crippen molar-refractivity contribution in [2.24, 2.45) is 0 Å². The summed E-state index contributed by atoms with van der Waals surface area (Å²) >= 11 is -0.00522. The molecule has 90 valence electrons. The van der Waals surface area contributed by atoms with Crippen LogP contribution >= 0.6 is 11.8 Å². The summed E-state index contributed by atoms with van der Waals surface area (Å²) in [6.45, 7) is 2.83. The molecule has 0 spiro atoms. The molecule has 1 aromatic heterocycles. The number of alkyl halides is 3. The first-order valence-electron chi connectivity index (χ1n) is 4.80. The van der Waals surface area contributed by atoms with E-state index in [1.165, 1.54) is 0 Å². The van der Waals surface area contributed by atoms with Gasteiger partial charge in [0.05, 0.1) is 0 Å². The molecule has 0 saturated heterocycles. The second-order valence-corrected chi connectivity index (χ2v) is 4.43. The van der Waals surface area contributed by atoms with Crippen molar-refractivity contribution in [2.75, 3.05) is 12.3 Å². The first-order chi connectivity index (χ1) is 7.49. The van der Waals surface area contributed by atoms with Crippen LogP contribution in [0.2, 0.25) is 0 Å². The van der Waals surface area contributed by atoms with Crippen LogP contribution in [-0.2, 0) is 6.54 Å². The molecule has 2 nitrogen and oxygen atoms in total. The molecule has 0 radical (unpaired) electrons. The lowest BCUT2D eigenvalue weighted by Gasteiger charge is -2.08. The molecule has 0 aliphatic rings. The maximum absolute atomic E-state index is 11.8.